The van der Waals surface area contributed by atoms with Crippen LogP contribution in [0.25, 0.3) is 0 Å². The maximum Gasteiger partial charge on any atom is 0.0576 e. The van der Waals surface area contributed by atoms with Crippen LogP contribution in [0.5, 0.6) is 0 Å². The molecule has 0 unspecified atom stereocenters. The third-order valence-corrected chi connectivity index (χ3v) is 11.9. The van der Waals surface area contributed by atoms with Crippen LogP contribution >= 0.6 is 15.8 Å². The molecular weight excluding hydrogens is 436 g/mol. The second-order valence-electron chi connectivity index (χ2n) is 7.71. The lowest BCUT2D eigenvalue weighted by Gasteiger charge is -2.35. The zero-order valence-electron chi connectivity index (χ0n) is 18.3. The Morgan fingerprint density at radius 2 is 0.727 bits per heavy atom. The highest BCUT2D eigenvalue weighted by Crippen LogP contribution is 2.65. The van der Waals surface area contributed by atoms with Crippen molar-refractivity contribution in [1.82, 2.24) is 4.98 Å². The molecule has 33 heavy (non-hydrogen) atoms. The van der Waals surface area contributed by atoms with Crippen LogP contribution in [0.3, 0.4) is 0 Å². The minimum Gasteiger partial charge on any atom is -0.260 e. The third kappa shape index (κ3) is 4.96. The molecule has 1 aromatic heterocycles. The molecule has 0 fully saturated rings. The summed E-state index contributed by atoms with van der Waals surface area (Å²) < 4.78 is 0. The first-order chi connectivity index (χ1) is 16.4. The molecule has 0 aliphatic heterocycles. The van der Waals surface area contributed by atoms with E-state index < -0.39 is 15.8 Å². The fraction of sp³-hybridized carbons (Fsp3) is 0.0333. The molecule has 0 N–H and O–H groups in total. The molecule has 0 aliphatic carbocycles. The smallest absolute Gasteiger partial charge is 0.0576 e. The van der Waals surface area contributed by atoms with Crippen LogP contribution in [0.15, 0.2) is 146 Å². The standard InChI is InChI=1S/C30H25NP2/c1-5-15-25(16-6-1)32(26-17-7-2-8-18-26)30(29-23-13-14-24-31-29)33(27-19-9-3-10-20-27)28-21-11-4-12-22-28/h1-24,30H. The Kier molecular flexibility index (Phi) is 7.02. The van der Waals surface area contributed by atoms with Gasteiger partial charge in [0.1, 0.15) is 0 Å². The predicted octanol–water partition coefficient (Wildman–Crippen LogP) is 6.35. The van der Waals surface area contributed by atoms with Crippen LogP contribution in [-0.2, 0) is 0 Å². The highest BCUT2D eigenvalue weighted by atomic mass is 31.2. The summed E-state index contributed by atoms with van der Waals surface area (Å²) in [5.74, 6) is 0. The molecular formula is C30H25NP2. The van der Waals surface area contributed by atoms with Crippen LogP contribution in [-0.4, -0.2) is 4.98 Å². The minimum atomic E-state index is -0.711. The molecule has 0 saturated carbocycles. The summed E-state index contributed by atoms with van der Waals surface area (Å²) in [5.41, 5.74) is 1.16. The van der Waals surface area contributed by atoms with E-state index in [4.69, 9.17) is 4.98 Å². The molecule has 0 saturated heterocycles. The van der Waals surface area contributed by atoms with Crippen molar-refractivity contribution in [2.24, 2.45) is 0 Å². The zero-order valence-corrected chi connectivity index (χ0v) is 20.1. The second-order valence-corrected chi connectivity index (χ2v) is 12.7. The van der Waals surface area contributed by atoms with Gasteiger partial charge in [0.15, 0.2) is 0 Å². The van der Waals surface area contributed by atoms with Crippen LogP contribution in [0, 0.1) is 0 Å². The van der Waals surface area contributed by atoms with Gasteiger partial charge >= 0.3 is 0 Å². The molecule has 1 heterocycles. The Bertz CT molecular complexity index is 1090. The van der Waals surface area contributed by atoms with E-state index in [0.29, 0.717) is 0 Å². The predicted molar refractivity (Wildman–Crippen MR) is 145 cm³/mol. The summed E-state index contributed by atoms with van der Waals surface area (Å²) in [5, 5.41) is 5.77. The summed E-state index contributed by atoms with van der Waals surface area (Å²) in [4.78, 5) is 4.96. The molecule has 0 amide bonds. The van der Waals surface area contributed by atoms with Gasteiger partial charge in [0.05, 0.1) is 11.1 Å². The molecule has 5 rings (SSSR count). The molecule has 3 heteroatoms. The lowest BCUT2D eigenvalue weighted by atomic mass is 10.4. The van der Waals surface area contributed by atoms with Gasteiger partial charge in [0, 0.05) is 6.20 Å². The number of rotatable bonds is 7. The van der Waals surface area contributed by atoms with Gasteiger partial charge in [-0.05, 0) is 49.2 Å². The normalized spacial score (nSPS) is 11.2. The van der Waals surface area contributed by atoms with E-state index in [-0.39, 0.29) is 5.40 Å². The van der Waals surface area contributed by atoms with E-state index in [0.717, 1.165) is 5.69 Å². The second kappa shape index (κ2) is 10.7. The van der Waals surface area contributed by atoms with Crippen molar-refractivity contribution < 1.29 is 0 Å². The maximum atomic E-state index is 4.96. The van der Waals surface area contributed by atoms with Crippen molar-refractivity contribution in [1.29, 1.82) is 0 Å². The number of pyridine rings is 1. The fourth-order valence-electron chi connectivity index (χ4n) is 4.13. The average Bonchev–Trinajstić information content (AvgIpc) is 2.91. The van der Waals surface area contributed by atoms with Crippen LogP contribution < -0.4 is 21.2 Å². The average molecular weight is 461 g/mol. The van der Waals surface area contributed by atoms with Gasteiger partial charge in [-0.2, -0.15) is 0 Å². The van der Waals surface area contributed by atoms with Gasteiger partial charge in [0.2, 0.25) is 0 Å². The largest absolute Gasteiger partial charge is 0.260 e. The quantitative estimate of drug-likeness (QED) is 0.258. The molecule has 5 aromatic rings. The lowest BCUT2D eigenvalue weighted by Crippen LogP contribution is -2.23. The monoisotopic (exact) mass is 461 g/mol. The Balaban J connectivity index is 1.79. The van der Waals surface area contributed by atoms with Crippen LogP contribution in [0.4, 0.5) is 0 Å². The van der Waals surface area contributed by atoms with Gasteiger partial charge in [-0.15, -0.1) is 0 Å². The van der Waals surface area contributed by atoms with E-state index >= 15 is 0 Å². The highest BCUT2D eigenvalue weighted by molar-refractivity contribution is 7.89. The Morgan fingerprint density at radius 3 is 1.03 bits per heavy atom. The van der Waals surface area contributed by atoms with Crippen LogP contribution in [0.2, 0.25) is 0 Å². The SMILES string of the molecule is c1ccc(P(c2ccccc2)C(c2ccccn2)P(c2ccccc2)c2ccccc2)cc1. The van der Waals surface area contributed by atoms with E-state index in [2.05, 4.69) is 133 Å². The maximum absolute atomic E-state index is 4.96. The third-order valence-electron chi connectivity index (χ3n) is 5.58. The molecule has 0 atom stereocenters. The minimum absolute atomic E-state index is 0.241. The fourth-order valence-corrected chi connectivity index (χ4v) is 11.2. The molecule has 4 aromatic carbocycles. The molecule has 0 bridgehead atoms. The first-order valence-electron chi connectivity index (χ1n) is 11.1. The summed E-state index contributed by atoms with van der Waals surface area (Å²) in [6, 6.07) is 50.4. The molecule has 0 radical (unpaired) electrons. The van der Waals surface area contributed by atoms with E-state index in [1.165, 1.54) is 21.2 Å². The summed E-state index contributed by atoms with van der Waals surface area (Å²) >= 11 is 0. The Hall–Kier alpha value is -3.11. The number of hydrogen-bond donors (Lipinski definition) is 0. The van der Waals surface area contributed by atoms with Gasteiger partial charge < -0.3 is 0 Å². The number of aromatic nitrogens is 1. The highest BCUT2D eigenvalue weighted by Gasteiger charge is 2.35. The van der Waals surface area contributed by atoms with Crippen molar-refractivity contribution >= 4 is 37.1 Å². The summed E-state index contributed by atoms with van der Waals surface area (Å²) in [6.07, 6.45) is 1.94. The van der Waals surface area contributed by atoms with Crippen molar-refractivity contribution in [3.63, 3.8) is 0 Å². The van der Waals surface area contributed by atoms with Crippen molar-refractivity contribution in [2.45, 2.75) is 5.40 Å². The molecule has 0 spiro atoms. The number of hydrogen-bond acceptors (Lipinski definition) is 1. The lowest BCUT2D eigenvalue weighted by molar-refractivity contribution is 1.15. The first-order valence-corrected chi connectivity index (χ1v) is 13.9. The topological polar surface area (TPSA) is 12.9 Å². The van der Waals surface area contributed by atoms with Gasteiger partial charge in [0.25, 0.3) is 0 Å². The van der Waals surface area contributed by atoms with E-state index in [9.17, 15) is 0 Å². The molecule has 1 nitrogen and oxygen atoms in total. The zero-order chi connectivity index (χ0) is 22.3. The van der Waals surface area contributed by atoms with E-state index in [1.54, 1.807) is 0 Å². The van der Waals surface area contributed by atoms with Crippen molar-refractivity contribution in [3.8, 4) is 0 Å². The summed E-state index contributed by atoms with van der Waals surface area (Å²) in [7, 11) is -1.42. The first kappa shape index (κ1) is 21.7. The van der Waals surface area contributed by atoms with Crippen molar-refractivity contribution in [2.75, 3.05) is 0 Å². The molecule has 0 aliphatic rings. The van der Waals surface area contributed by atoms with E-state index in [1.807, 2.05) is 12.3 Å². The summed E-state index contributed by atoms with van der Waals surface area (Å²) in [6.45, 7) is 0. The number of benzene rings is 4. The van der Waals surface area contributed by atoms with Gasteiger partial charge in [-0.1, -0.05) is 127 Å². The van der Waals surface area contributed by atoms with Crippen LogP contribution in [0.1, 0.15) is 11.1 Å². The Morgan fingerprint density at radius 1 is 0.394 bits per heavy atom. The van der Waals surface area contributed by atoms with Gasteiger partial charge in [-0.3, -0.25) is 4.98 Å². The van der Waals surface area contributed by atoms with Gasteiger partial charge in [-0.25, -0.2) is 0 Å². The van der Waals surface area contributed by atoms with Crippen molar-refractivity contribution in [3.05, 3.63) is 151 Å². The Labute approximate surface area is 198 Å². The molecule has 160 valence electrons. The number of nitrogens with zero attached hydrogens (tertiary/aromatic N) is 1.